The number of nitrogens with zero attached hydrogens (tertiary/aromatic N) is 3. The summed E-state index contributed by atoms with van der Waals surface area (Å²) in [5, 5.41) is 7.49. The van der Waals surface area contributed by atoms with Crippen molar-refractivity contribution in [2.75, 3.05) is 19.4 Å². The lowest BCUT2D eigenvalue weighted by molar-refractivity contribution is -0.139. The predicted molar refractivity (Wildman–Crippen MR) is 101 cm³/mol. The van der Waals surface area contributed by atoms with Crippen molar-refractivity contribution in [1.29, 1.82) is 0 Å². The number of H-pyrrole nitrogens is 1. The van der Waals surface area contributed by atoms with Crippen molar-refractivity contribution in [1.82, 2.24) is 25.1 Å². The van der Waals surface area contributed by atoms with Gasteiger partial charge < -0.3 is 15.0 Å². The Balaban J connectivity index is 1.75. The number of hydrogen-bond acceptors (Lipinski definition) is 7. The highest BCUT2D eigenvalue weighted by Crippen LogP contribution is 2.11. The third-order valence-electron chi connectivity index (χ3n) is 3.64. The Morgan fingerprint density at radius 1 is 1.33 bits per heavy atom. The molecule has 0 aliphatic carbocycles. The molecule has 146 valence electrons. The van der Waals surface area contributed by atoms with E-state index in [1.165, 1.54) is 13.2 Å². The number of thioether (sulfide) groups is 1. The molecule has 2 rings (SSSR count). The van der Waals surface area contributed by atoms with Gasteiger partial charge in [0.05, 0.1) is 30.7 Å². The van der Waals surface area contributed by atoms with Gasteiger partial charge in [-0.25, -0.2) is 4.98 Å². The van der Waals surface area contributed by atoms with Gasteiger partial charge >= 0.3 is 5.97 Å². The SMILES string of the molecule is COC(=O)Cc1cc(=O)[nH]c(SCC(=O)NCCCn2nc(C)cc2C)n1. The number of aromatic nitrogens is 4. The van der Waals surface area contributed by atoms with Gasteiger partial charge in [0.1, 0.15) is 0 Å². The second-order valence-corrected chi connectivity index (χ2v) is 6.90. The van der Waals surface area contributed by atoms with Crippen LogP contribution in [0.3, 0.4) is 0 Å². The Bertz CT molecular complexity index is 861. The number of aryl methyl sites for hydroxylation is 3. The highest BCUT2D eigenvalue weighted by molar-refractivity contribution is 7.99. The molecular weight excluding hydrogens is 370 g/mol. The largest absolute Gasteiger partial charge is 0.469 e. The van der Waals surface area contributed by atoms with Crippen molar-refractivity contribution in [3.8, 4) is 0 Å². The van der Waals surface area contributed by atoms with Gasteiger partial charge in [-0.3, -0.25) is 19.1 Å². The van der Waals surface area contributed by atoms with Crippen LogP contribution in [0.4, 0.5) is 0 Å². The van der Waals surface area contributed by atoms with Crippen LogP contribution in [0, 0.1) is 13.8 Å². The maximum atomic E-state index is 11.9. The average Bonchev–Trinajstić information content (AvgIpc) is 2.93. The first kappa shape index (κ1) is 20.7. The summed E-state index contributed by atoms with van der Waals surface area (Å²) >= 11 is 1.10. The maximum Gasteiger partial charge on any atom is 0.311 e. The second kappa shape index (κ2) is 9.91. The summed E-state index contributed by atoms with van der Waals surface area (Å²) in [6.07, 6.45) is 0.675. The van der Waals surface area contributed by atoms with Gasteiger partial charge in [0, 0.05) is 24.8 Å². The standard InChI is InChI=1S/C17H23N5O4S/c1-11-7-12(2)22(21-11)6-4-5-18-15(24)10-27-17-19-13(8-14(23)20-17)9-16(25)26-3/h7-8H,4-6,9-10H2,1-3H3,(H,18,24)(H,19,20,23). The minimum Gasteiger partial charge on any atom is -0.469 e. The summed E-state index contributed by atoms with van der Waals surface area (Å²) in [5.41, 5.74) is 2.00. The Morgan fingerprint density at radius 3 is 2.78 bits per heavy atom. The fraction of sp³-hybridized carbons (Fsp3) is 0.471. The van der Waals surface area contributed by atoms with Gasteiger partial charge in [-0.15, -0.1) is 0 Å². The molecule has 0 saturated heterocycles. The van der Waals surface area contributed by atoms with Gasteiger partial charge in [-0.05, 0) is 26.3 Å². The van der Waals surface area contributed by atoms with E-state index in [2.05, 4.69) is 25.1 Å². The van der Waals surface area contributed by atoms with Crippen LogP contribution >= 0.6 is 11.8 Å². The highest BCUT2D eigenvalue weighted by Gasteiger charge is 2.09. The van der Waals surface area contributed by atoms with E-state index in [1.807, 2.05) is 24.6 Å². The van der Waals surface area contributed by atoms with E-state index in [9.17, 15) is 14.4 Å². The van der Waals surface area contributed by atoms with E-state index in [0.717, 1.165) is 36.1 Å². The van der Waals surface area contributed by atoms with Crippen LogP contribution < -0.4 is 10.9 Å². The smallest absolute Gasteiger partial charge is 0.311 e. The minimum atomic E-state index is -0.482. The van der Waals surface area contributed by atoms with Crippen molar-refractivity contribution < 1.29 is 14.3 Å². The Labute approximate surface area is 160 Å². The molecule has 0 aliphatic heterocycles. The van der Waals surface area contributed by atoms with Crippen LogP contribution in [0.15, 0.2) is 22.1 Å². The molecule has 2 aromatic heterocycles. The van der Waals surface area contributed by atoms with E-state index >= 15 is 0 Å². The van der Waals surface area contributed by atoms with Crippen LogP contribution in [0.2, 0.25) is 0 Å². The summed E-state index contributed by atoms with van der Waals surface area (Å²) in [5.74, 6) is -0.524. The minimum absolute atomic E-state index is 0.0908. The first-order valence-electron chi connectivity index (χ1n) is 8.45. The van der Waals surface area contributed by atoms with E-state index in [4.69, 9.17) is 0 Å². The number of esters is 1. The average molecular weight is 393 g/mol. The number of methoxy groups -OCH3 is 1. The van der Waals surface area contributed by atoms with Crippen molar-refractivity contribution in [2.45, 2.75) is 38.4 Å². The summed E-state index contributed by atoms with van der Waals surface area (Å²) < 4.78 is 6.47. The number of aromatic amines is 1. The first-order chi connectivity index (χ1) is 12.9. The van der Waals surface area contributed by atoms with Gasteiger partial charge in [-0.1, -0.05) is 11.8 Å². The number of carbonyl (C=O) groups excluding carboxylic acids is 2. The molecule has 1 amide bonds. The molecule has 0 bridgehead atoms. The van der Waals surface area contributed by atoms with Gasteiger partial charge in [0.2, 0.25) is 5.91 Å². The van der Waals surface area contributed by atoms with Crippen LogP contribution in [0.1, 0.15) is 23.5 Å². The molecule has 0 unspecified atom stereocenters. The summed E-state index contributed by atoms with van der Waals surface area (Å²) in [6.45, 7) is 5.21. The van der Waals surface area contributed by atoms with Gasteiger partial charge in [0.15, 0.2) is 5.16 Å². The molecule has 0 atom stereocenters. The number of rotatable bonds is 9. The molecule has 0 spiro atoms. The van der Waals surface area contributed by atoms with E-state index in [0.29, 0.717) is 17.4 Å². The molecule has 9 nitrogen and oxygen atoms in total. The third kappa shape index (κ3) is 6.89. The topological polar surface area (TPSA) is 119 Å². The number of nitrogens with one attached hydrogen (secondary N) is 2. The van der Waals surface area contributed by atoms with Crippen molar-refractivity contribution in [3.05, 3.63) is 39.6 Å². The van der Waals surface area contributed by atoms with Crippen molar-refractivity contribution in [3.63, 3.8) is 0 Å². The summed E-state index contributed by atoms with van der Waals surface area (Å²) in [6, 6.07) is 3.25. The van der Waals surface area contributed by atoms with E-state index in [-0.39, 0.29) is 23.6 Å². The Hall–Kier alpha value is -2.62. The highest BCUT2D eigenvalue weighted by atomic mass is 32.2. The van der Waals surface area contributed by atoms with E-state index in [1.54, 1.807) is 0 Å². The molecular formula is C17H23N5O4S. The second-order valence-electron chi connectivity index (χ2n) is 5.94. The van der Waals surface area contributed by atoms with Gasteiger partial charge in [-0.2, -0.15) is 5.10 Å². The molecule has 0 aliphatic rings. The van der Waals surface area contributed by atoms with Crippen molar-refractivity contribution >= 4 is 23.6 Å². The zero-order chi connectivity index (χ0) is 19.8. The maximum absolute atomic E-state index is 11.9. The quantitative estimate of drug-likeness (QED) is 0.277. The fourth-order valence-corrected chi connectivity index (χ4v) is 3.13. The Kier molecular flexibility index (Phi) is 7.59. The van der Waals surface area contributed by atoms with Crippen LogP contribution in [-0.4, -0.2) is 51.0 Å². The van der Waals surface area contributed by atoms with Crippen LogP contribution in [0.25, 0.3) is 0 Å². The molecule has 0 saturated carbocycles. The molecule has 0 radical (unpaired) electrons. The molecule has 2 aromatic rings. The predicted octanol–water partition coefficient (Wildman–Crippen LogP) is 0.597. The van der Waals surface area contributed by atoms with Crippen LogP contribution in [-0.2, 0) is 27.3 Å². The molecule has 10 heteroatoms. The number of carbonyl (C=O) groups is 2. The molecule has 2 N–H and O–H groups in total. The monoisotopic (exact) mass is 393 g/mol. The summed E-state index contributed by atoms with van der Waals surface area (Å²) in [7, 11) is 1.27. The lowest BCUT2D eigenvalue weighted by atomic mass is 10.3. The zero-order valence-corrected chi connectivity index (χ0v) is 16.4. The van der Waals surface area contributed by atoms with Crippen LogP contribution in [0.5, 0.6) is 0 Å². The number of ether oxygens (including phenoxy) is 1. The summed E-state index contributed by atoms with van der Waals surface area (Å²) in [4.78, 5) is 41.6. The molecule has 0 aromatic carbocycles. The molecule has 0 fully saturated rings. The zero-order valence-electron chi connectivity index (χ0n) is 15.6. The molecule has 27 heavy (non-hydrogen) atoms. The molecule has 2 heterocycles. The number of hydrogen-bond donors (Lipinski definition) is 2. The third-order valence-corrected chi connectivity index (χ3v) is 4.51. The lowest BCUT2D eigenvalue weighted by Gasteiger charge is -2.07. The fourth-order valence-electron chi connectivity index (χ4n) is 2.41. The van der Waals surface area contributed by atoms with Gasteiger partial charge in [0.25, 0.3) is 5.56 Å². The normalized spacial score (nSPS) is 10.6. The first-order valence-corrected chi connectivity index (χ1v) is 9.43. The van der Waals surface area contributed by atoms with Crippen molar-refractivity contribution in [2.24, 2.45) is 0 Å². The van der Waals surface area contributed by atoms with E-state index < -0.39 is 5.97 Å². The number of amides is 1. The Morgan fingerprint density at radius 2 is 2.11 bits per heavy atom. The lowest BCUT2D eigenvalue weighted by Crippen LogP contribution is -2.27.